The van der Waals surface area contributed by atoms with Gasteiger partial charge in [0, 0.05) is 18.6 Å². The SMILES string of the molecule is CC1(CN=C(N)NCC2CCCO2)CC2CCC1O2. The first-order valence-corrected chi connectivity index (χ1v) is 7.46. The van der Waals surface area contributed by atoms with Gasteiger partial charge in [-0.25, -0.2) is 0 Å². The maximum absolute atomic E-state index is 5.93. The van der Waals surface area contributed by atoms with Crippen LogP contribution in [0.4, 0.5) is 0 Å². The van der Waals surface area contributed by atoms with E-state index in [-0.39, 0.29) is 5.41 Å². The average Bonchev–Trinajstić information content (AvgIpc) is 3.10. The van der Waals surface area contributed by atoms with Crippen LogP contribution in [0.2, 0.25) is 0 Å². The molecule has 3 aliphatic rings. The van der Waals surface area contributed by atoms with E-state index in [1.54, 1.807) is 0 Å². The Hall–Kier alpha value is -0.810. The van der Waals surface area contributed by atoms with Crippen LogP contribution in [-0.4, -0.2) is 44.0 Å². The molecule has 0 radical (unpaired) electrons. The molecule has 0 aromatic rings. The normalized spacial score (nSPS) is 41.9. The van der Waals surface area contributed by atoms with Gasteiger partial charge in [-0.2, -0.15) is 0 Å². The molecule has 3 rings (SSSR count). The van der Waals surface area contributed by atoms with Crippen LogP contribution in [0.25, 0.3) is 0 Å². The number of guanidine groups is 1. The Morgan fingerprint density at radius 3 is 2.95 bits per heavy atom. The number of hydrogen-bond donors (Lipinski definition) is 2. The Morgan fingerprint density at radius 1 is 1.42 bits per heavy atom. The molecule has 0 aliphatic carbocycles. The summed E-state index contributed by atoms with van der Waals surface area (Å²) >= 11 is 0. The molecule has 108 valence electrons. The van der Waals surface area contributed by atoms with E-state index in [0.717, 1.165) is 39.0 Å². The lowest BCUT2D eigenvalue weighted by molar-refractivity contribution is 0.0706. The molecule has 4 unspecified atom stereocenters. The molecule has 3 heterocycles. The number of nitrogens with two attached hydrogens (primary N) is 1. The Kier molecular flexibility index (Phi) is 3.67. The third-order valence-electron chi connectivity index (χ3n) is 4.72. The summed E-state index contributed by atoms with van der Waals surface area (Å²) in [4.78, 5) is 4.51. The Morgan fingerprint density at radius 2 is 2.32 bits per heavy atom. The molecule has 0 saturated carbocycles. The molecule has 2 bridgehead atoms. The van der Waals surface area contributed by atoms with E-state index in [1.807, 2.05) is 0 Å². The molecular formula is C14H25N3O2. The van der Waals surface area contributed by atoms with Crippen LogP contribution in [0.3, 0.4) is 0 Å². The zero-order valence-corrected chi connectivity index (χ0v) is 11.7. The van der Waals surface area contributed by atoms with Gasteiger partial charge in [-0.1, -0.05) is 6.92 Å². The highest BCUT2D eigenvalue weighted by molar-refractivity contribution is 5.77. The van der Waals surface area contributed by atoms with E-state index in [4.69, 9.17) is 15.2 Å². The number of aliphatic imine (C=N–C) groups is 1. The summed E-state index contributed by atoms with van der Waals surface area (Å²) < 4.78 is 11.5. The first-order valence-electron chi connectivity index (χ1n) is 7.46. The molecule has 0 spiro atoms. The van der Waals surface area contributed by atoms with E-state index >= 15 is 0 Å². The maximum Gasteiger partial charge on any atom is 0.188 e. The second-order valence-electron chi connectivity index (χ2n) is 6.40. The predicted octanol–water partition coefficient (Wildman–Crippen LogP) is 1.03. The van der Waals surface area contributed by atoms with E-state index in [0.29, 0.717) is 24.3 Å². The molecule has 4 atom stereocenters. The molecule has 0 aromatic carbocycles. The van der Waals surface area contributed by atoms with Gasteiger partial charge in [0.15, 0.2) is 5.96 Å². The van der Waals surface area contributed by atoms with E-state index < -0.39 is 0 Å². The number of nitrogens with one attached hydrogen (secondary N) is 1. The van der Waals surface area contributed by atoms with Crippen molar-refractivity contribution >= 4 is 5.96 Å². The van der Waals surface area contributed by atoms with Gasteiger partial charge in [-0.3, -0.25) is 4.99 Å². The summed E-state index contributed by atoms with van der Waals surface area (Å²) in [5.41, 5.74) is 6.11. The Balaban J connectivity index is 1.45. The zero-order chi connectivity index (χ0) is 13.3. The highest BCUT2D eigenvalue weighted by atomic mass is 16.5. The second kappa shape index (κ2) is 5.29. The van der Waals surface area contributed by atoms with Crippen LogP contribution in [-0.2, 0) is 9.47 Å². The van der Waals surface area contributed by atoms with Gasteiger partial charge >= 0.3 is 0 Å². The monoisotopic (exact) mass is 267 g/mol. The van der Waals surface area contributed by atoms with Crippen molar-refractivity contribution in [3.05, 3.63) is 0 Å². The van der Waals surface area contributed by atoms with Gasteiger partial charge in [0.25, 0.3) is 0 Å². The van der Waals surface area contributed by atoms with Gasteiger partial charge in [0.05, 0.1) is 24.9 Å². The number of nitrogens with zero attached hydrogens (tertiary/aromatic N) is 1. The second-order valence-corrected chi connectivity index (χ2v) is 6.40. The summed E-state index contributed by atoms with van der Waals surface area (Å²) in [6.07, 6.45) is 6.95. The van der Waals surface area contributed by atoms with Gasteiger partial charge in [0.1, 0.15) is 0 Å². The quantitative estimate of drug-likeness (QED) is 0.589. The standard InChI is InChI=1S/C14H25N3O2/c1-14(7-10-4-5-12(14)19-10)9-17-13(15)16-8-11-3-2-6-18-11/h10-12H,2-9H2,1H3,(H3,15,16,17). The number of hydrogen-bond acceptors (Lipinski definition) is 3. The van der Waals surface area contributed by atoms with Crippen LogP contribution < -0.4 is 11.1 Å². The van der Waals surface area contributed by atoms with Crippen LogP contribution >= 0.6 is 0 Å². The average molecular weight is 267 g/mol. The fourth-order valence-corrected chi connectivity index (χ4v) is 3.53. The van der Waals surface area contributed by atoms with Crippen LogP contribution in [0.1, 0.15) is 39.0 Å². The molecule has 19 heavy (non-hydrogen) atoms. The molecule has 5 nitrogen and oxygen atoms in total. The van der Waals surface area contributed by atoms with Gasteiger partial charge in [-0.05, 0) is 32.1 Å². The topological polar surface area (TPSA) is 68.9 Å². The highest BCUT2D eigenvalue weighted by Crippen LogP contribution is 2.47. The van der Waals surface area contributed by atoms with Crippen molar-refractivity contribution in [2.24, 2.45) is 16.1 Å². The van der Waals surface area contributed by atoms with Gasteiger partial charge in [0.2, 0.25) is 0 Å². The van der Waals surface area contributed by atoms with Gasteiger partial charge in [-0.15, -0.1) is 0 Å². The van der Waals surface area contributed by atoms with Crippen LogP contribution in [0, 0.1) is 5.41 Å². The minimum absolute atomic E-state index is 0.180. The largest absolute Gasteiger partial charge is 0.376 e. The third-order valence-corrected chi connectivity index (χ3v) is 4.72. The lowest BCUT2D eigenvalue weighted by atomic mass is 9.76. The fraction of sp³-hybridized carbons (Fsp3) is 0.929. The molecule has 3 N–H and O–H groups in total. The summed E-state index contributed by atoms with van der Waals surface area (Å²) in [6.45, 7) is 4.68. The number of ether oxygens (including phenoxy) is 2. The molecule has 3 aliphatic heterocycles. The first-order chi connectivity index (χ1) is 9.16. The van der Waals surface area contributed by atoms with E-state index in [9.17, 15) is 0 Å². The van der Waals surface area contributed by atoms with Crippen molar-refractivity contribution in [3.8, 4) is 0 Å². The van der Waals surface area contributed by atoms with Crippen molar-refractivity contribution in [2.75, 3.05) is 19.7 Å². The molecular weight excluding hydrogens is 242 g/mol. The lowest BCUT2D eigenvalue weighted by Gasteiger charge is -2.29. The van der Waals surface area contributed by atoms with E-state index in [1.165, 1.54) is 12.8 Å². The lowest BCUT2D eigenvalue weighted by Crippen LogP contribution is -2.39. The van der Waals surface area contributed by atoms with Crippen LogP contribution in [0.5, 0.6) is 0 Å². The Labute approximate surface area is 114 Å². The molecule has 0 aromatic heterocycles. The van der Waals surface area contributed by atoms with Crippen molar-refractivity contribution in [1.29, 1.82) is 0 Å². The fourth-order valence-electron chi connectivity index (χ4n) is 3.53. The molecule has 3 fully saturated rings. The van der Waals surface area contributed by atoms with Crippen molar-refractivity contribution < 1.29 is 9.47 Å². The highest BCUT2D eigenvalue weighted by Gasteiger charge is 2.49. The number of rotatable bonds is 4. The number of fused-ring (bicyclic) bond motifs is 2. The molecule has 3 saturated heterocycles. The summed E-state index contributed by atoms with van der Waals surface area (Å²) in [5.74, 6) is 0.541. The smallest absolute Gasteiger partial charge is 0.188 e. The van der Waals surface area contributed by atoms with Crippen molar-refractivity contribution in [3.63, 3.8) is 0 Å². The van der Waals surface area contributed by atoms with Gasteiger partial charge < -0.3 is 20.5 Å². The Bertz CT molecular complexity index is 355. The maximum atomic E-state index is 5.93. The van der Waals surface area contributed by atoms with Crippen LogP contribution in [0.15, 0.2) is 4.99 Å². The molecule has 0 amide bonds. The summed E-state index contributed by atoms with van der Waals surface area (Å²) in [5, 5.41) is 3.17. The van der Waals surface area contributed by atoms with Crippen molar-refractivity contribution in [1.82, 2.24) is 5.32 Å². The predicted molar refractivity (Wildman–Crippen MR) is 74.1 cm³/mol. The molecule has 5 heteroatoms. The minimum Gasteiger partial charge on any atom is -0.376 e. The summed E-state index contributed by atoms with van der Waals surface area (Å²) in [7, 11) is 0. The zero-order valence-electron chi connectivity index (χ0n) is 11.7. The third kappa shape index (κ3) is 2.87. The minimum atomic E-state index is 0.180. The van der Waals surface area contributed by atoms with Crippen molar-refractivity contribution in [2.45, 2.75) is 57.3 Å². The van der Waals surface area contributed by atoms with E-state index in [2.05, 4.69) is 17.2 Å². The first kappa shape index (κ1) is 13.2. The summed E-state index contributed by atoms with van der Waals surface area (Å²) in [6, 6.07) is 0.